The van der Waals surface area contributed by atoms with Crippen LogP contribution >= 0.6 is 0 Å². The Hall–Kier alpha value is -0.820. The quantitative estimate of drug-likeness (QED) is 0.490. The van der Waals surface area contributed by atoms with Gasteiger partial charge in [0, 0.05) is 0 Å². The van der Waals surface area contributed by atoms with Crippen molar-refractivity contribution >= 4 is 5.69 Å². The van der Waals surface area contributed by atoms with Crippen LogP contribution in [0.15, 0.2) is 30.3 Å². The number of rotatable bonds is 6. The molecule has 1 aromatic rings. The zero-order chi connectivity index (χ0) is 11.1. The minimum absolute atomic E-state index is 1.00. The molecule has 0 bridgehead atoms. The van der Waals surface area contributed by atoms with Crippen LogP contribution in [0.3, 0.4) is 0 Å². The highest BCUT2D eigenvalue weighted by molar-refractivity contribution is 5.40. The van der Waals surface area contributed by atoms with Gasteiger partial charge in [-0.2, -0.15) is 0 Å². The van der Waals surface area contributed by atoms with E-state index in [9.17, 15) is 0 Å². The Balaban J connectivity index is 2.45. The van der Waals surface area contributed by atoms with E-state index in [-0.39, 0.29) is 0 Å². The molecule has 1 aromatic carbocycles. The molecule has 0 atom stereocenters. The molecule has 0 saturated heterocycles. The van der Waals surface area contributed by atoms with Crippen molar-refractivity contribution < 1.29 is 0 Å². The number of para-hydroxylation sites is 1. The summed E-state index contributed by atoms with van der Waals surface area (Å²) in [5, 5.41) is 0. The molecule has 0 aromatic heterocycles. The molecule has 0 aliphatic carbocycles. The Kier molecular flexibility index (Phi) is 4.83. The molecule has 0 N–H and O–H groups in total. The Morgan fingerprint density at radius 2 is 1.60 bits per heavy atom. The van der Waals surface area contributed by atoms with Gasteiger partial charge in [0.25, 0.3) is 0 Å². The summed E-state index contributed by atoms with van der Waals surface area (Å²) in [4.78, 5) is 0. The van der Waals surface area contributed by atoms with E-state index in [2.05, 4.69) is 51.4 Å². The summed E-state index contributed by atoms with van der Waals surface area (Å²) in [5.74, 6) is 0. The molecule has 0 amide bonds. The highest BCUT2D eigenvalue weighted by Gasteiger charge is 2.16. The molecular formula is C14H24N+. The molecule has 0 aliphatic heterocycles. The van der Waals surface area contributed by atoms with Gasteiger partial charge in [0.1, 0.15) is 5.69 Å². The van der Waals surface area contributed by atoms with Gasteiger partial charge in [-0.25, -0.2) is 0 Å². The summed E-state index contributed by atoms with van der Waals surface area (Å²) in [6.45, 7) is 3.50. The van der Waals surface area contributed by atoms with E-state index in [1.165, 1.54) is 37.9 Å². The maximum atomic E-state index is 2.29. The van der Waals surface area contributed by atoms with Gasteiger partial charge >= 0.3 is 0 Å². The fraction of sp³-hybridized carbons (Fsp3) is 0.571. The van der Waals surface area contributed by atoms with Crippen molar-refractivity contribution in [2.24, 2.45) is 0 Å². The largest absolute Gasteiger partial charge is 0.296 e. The number of benzene rings is 1. The molecule has 0 aliphatic rings. The third kappa shape index (κ3) is 4.05. The zero-order valence-corrected chi connectivity index (χ0v) is 10.4. The van der Waals surface area contributed by atoms with Crippen molar-refractivity contribution in [2.75, 3.05) is 20.6 Å². The first kappa shape index (κ1) is 12.3. The van der Waals surface area contributed by atoms with Gasteiger partial charge in [0.05, 0.1) is 20.6 Å². The van der Waals surface area contributed by atoms with Crippen molar-refractivity contribution in [3.05, 3.63) is 30.3 Å². The molecule has 0 radical (unpaired) electrons. The number of quaternary nitrogens is 1. The van der Waals surface area contributed by atoms with Gasteiger partial charge in [-0.1, -0.05) is 38.0 Å². The lowest BCUT2D eigenvalue weighted by Gasteiger charge is -2.29. The van der Waals surface area contributed by atoms with Crippen molar-refractivity contribution in [1.29, 1.82) is 0 Å². The third-order valence-electron chi connectivity index (χ3n) is 3.03. The predicted octanol–water partition coefficient (Wildman–Crippen LogP) is 3.83. The fourth-order valence-corrected chi connectivity index (χ4v) is 1.89. The van der Waals surface area contributed by atoms with Crippen molar-refractivity contribution in [3.63, 3.8) is 0 Å². The van der Waals surface area contributed by atoms with E-state index >= 15 is 0 Å². The van der Waals surface area contributed by atoms with Gasteiger partial charge < -0.3 is 0 Å². The fourth-order valence-electron chi connectivity index (χ4n) is 1.89. The number of hydrogen-bond acceptors (Lipinski definition) is 0. The van der Waals surface area contributed by atoms with E-state index in [0.717, 1.165) is 4.48 Å². The van der Waals surface area contributed by atoms with Gasteiger partial charge in [0.15, 0.2) is 0 Å². The lowest BCUT2D eigenvalue weighted by Crippen LogP contribution is -2.41. The van der Waals surface area contributed by atoms with Gasteiger partial charge in [-0.05, 0) is 25.0 Å². The monoisotopic (exact) mass is 206 g/mol. The third-order valence-corrected chi connectivity index (χ3v) is 3.03. The van der Waals surface area contributed by atoms with Gasteiger partial charge in [-0.15, -0.1) is 0 Å². The lowest BCUT2D eigenvalue weighted by molar-refractivity contribution is 0.382. The second kappa shape index (κ2) is 5.92. The average Bonchev–Trinajstić information content (AvgIpc) is 2.26. The summed E-state index contributed by atoms with van der Waals surface area (Å²) in [7, 11) is 4.59. The first-order chi connectivity index (χ1) is 7.17. The summed E-state index contributed by atoms with van der Waals surface area (Å²) < 4.78 is 1.00. The second-order valence-electron chi connectivity index (χ2n) is 4.80. The van der Waals surface area contributed by atoms with Crippen LogP contribution in [0.2, 0.25) is 0 Å². The maximum Gasteiger partial charge on any atom is 0.132 e. The molecule has 0 fully saturated rings. The van der Waals surface area contributed by atoms with E-state index in [4.69, 9.17) is 0 Å². The van der Waals surface area contributed by atoms with Crippen LogP contribution in [0.25, 0.3) is 0 Å². The summed E-state index contributed by atoms with van der Waals surface area (Å²) in [5.41, 5.74) is 1.41. The summed E-state index contributed by atoms with van der Waals surface area (Å²) >= 11 is 0. The number of nitrogens with zero attached hydrogens (tertiary/aromatic N) is 1. The lowest BCUT2D eigenvalue weighted by atomic mass is 10.2. The molecule has 1 heteroatoms. The van der Waals surface area contributed by atoms with Crippen LogP contribution < -0.4 is 4.48 Å². The molecule has 1 nitrogen and oxygen atoms in total. The SMILES string of the molecule is CCCCCC[N+](C)(C)c1ccccc1. The predicted molar refractivity (Wildman–Crippen MR) is 69.1 cm³/mol. The van der Waals surface area contributed by atoms with E-state index in [1.54, 1.807) is 0 Å². The smallest absolute Gasteiger partial charge is 0.132 e. The molecule has 0 unspecified atom stereocenters. The van der Waals surface area contributed by atoms with Crippen LogP contribution in [-0.2, 0) is 0 Å². The standard InChI is InChI=1S/C14H24N/c1-4-5-6-10-13-15(2,3)14-11-8-7-9-12-14/h7-9,11-12H,4-6,10,13H2,1-3H3/q+1. The summed E-state index contributed by atoms with van der Waals surface area (Å²) in [6, 6.07) is 10.8. The van der Waals surface area contributed by atoms with E-state index in [0.29, 0.717) is 0 Å². The normalized spacial score (nSPS) is 11.7. The topological polar surface area (TPSA) is 0 Å². The van der Waals surface area contributed by atoms with Crippen LogP contribution in [0.1, 0.15) is 32.6 Å². The Bertz CT molecular complexity index is 264. The van der Waals surface area contributed by atoms with E-state index in [1.807, 2.05) is 0 Å². The van der Waals surface area contributed by atoms with Crippen molar-refractivity contribution in [3.8, 4) is 0 Å². The molecule has 84 valence electrons. The summed E-state index contributed by atoms with van der Waals surface area (Å²) in [6.07, 6.45) is 5.38. The van der Waals surface area contributed by atoms with Crippen LogP contribution in [0.5, 0.6) is 0 Å². The molecule has 1 rings (SSSR count). The minimum Gasteiger partial charge on any atom is -0.296 e. The maximum absolute atomic E-state index is 2.29. The molecule has 0 saturated carbocycles. The first-order valence-electron chi connectivity index (χ1n) is 6.05. The Labute approximate surface area is 94.3 Å². The Morgan fingerprint density at radius 3 is 2.20 bits per heavy atom. The zero-order valence-electron chi connectivity index (χ0n) is 10.4. The van der Waals surface area contributed by atoms with Gasteiger partial charge in [-0.3, -0.25) is 4.48 Å². The van der Waals surface area contributed by atoms with Crippen LogP contribution in [0.4, 0.5) is 5.69 Å². The van der Waals surface area contributed by atoms with Crippen LogP contribution in [-0.4, -0.2) is 20.6 Å². The highest BCUT2D eigenvalue weighted by Crippen LogP contribution is 2.18. The number of hydrogen-bond donors (Lipinski definition) is 0. The molecule has 15 heavy (non-hydrogen) atoms. The average molecular weight is 206 g/mol. The first-order valence-corrected chi connectivity index (χ1v) is 6.05. The van der Waals surface area contributed by atoms with Crippen molar-refractivity contribution in [1.82, 2.24) is 4.48 Å². The Morgan fingerprint density at radius 1 is 0.933 bits per heavy atom. The van der Waals surface area contributed by atoms with Crippen molar-refractivity contribution in [2.45, 2.75) is 32.6 Å². The van der Waals surface area contributed by atoms with Crippen LogP contribution in [0, 0.1) is 0 Å². The second-order valence-corrected chi connectivity index (χ2v) is 4.80. The highest BCUT2D eigenvalue weighted by atomic mass is 15.3. The molecule has 0 heterocycles. The van der Waals surface area contributed by atoms with Gasteiger partial charge in [0.2, 0.25) is 0 Å². The minimum atomic E-state index is 1.00. The van der Waals surface area contributed by atoms with E-state index < -0.39 is 0 Å². The number of unbranched alkanes of at least 4 members (excludes halogenated alkanes) is 3. The molecular weight excluding hydrogens is 182 g/mol. The molecule has 0 spiro atoms.